The molecule has 1 aliphatic carbocycles. The molecule has 1 aliphatic rings. The number of fused-ring (bicyclic) bond motifs is 3. The van der Waals surface area contributed by atoms with E-state index in [0.717, 1.165) is 6.42 Å². The molecule has 2 aromatic rings. The molecule has 0 aromatic heterocycles. The second-order valence-electron chi connectivity index (χ2n) is 3.49. The van der Waals surface area contributed by atoms with Crippen LogP contribution >= 0.6 is 0 Å². The Kier molecular flexibility index (Phi) is 2.53. The number of hydrogen-bond acceptors (Lipinski definition) is 0. The maximum Gasteiger partial charge on any atom is -0.00135 e. The Balaban J connectivity index is 0.000000750. The first-order chi connectivity index (χ1) is 6.45. The van der Waals surface area contributed by atoms with E-state index in [2.05, 4.69) is 48.5 Å². The van der Waals surface area contributed by atoms with E-state index in [4.69, 9.17) is 0 Å². The summed E-state index contributed by atoms with van der Waals surface area (Å²) in [5, 5.41) is 0. The van der Waals surface area contributed by atoms with Gasteiger partial charge in [-0.1, -0.05) is 48.5 Å². The molecule has 2 aromatic carbocycles. The predicted molar refractivity (Wildman–Crippen MR) is 64.6 cm³/mol. The molecule has 1 heteroatoms. The minimum Gasteiger partial charge on any atom is -0.0619 e. The van der Waals surface area contributed by atoms with Crippen molar-refractivity contribution in [2.75, 3.05) is 0 Å². The van der Waals surface area contributed by atoms with E-state index in [1.165, 1.54) is 22.3 Å². The fourth-order valence-corrected chi connectivity index (χ4v) is 2.08. The van der Waals surface area contributed by atoms with Gasteiger partial charge < -0.3 is 0 Å². The third-order valence-corrected chi connectivity index (χ3v) is 2.71. The third kappa shape index (κ3) is 1.33. The van der Waals surface area contributed by atoms with Crippen LogP contribution in [0.25, 0.3) is 11.1 Å². The summed E-state index contributed by atoms with van der Waals surface area (Å²) in [4.78, 5) is 0. The fraction of sp³-hybridized carbons (Fsp3) is 0.0769. The van der Waals surface area contributed by atoms with E-state index in [1.807, 2.05) is 0 Å². The summed E-state index contributed by atoms with van der Waals surface area (Å²) < 4.78 is 0. The average molecular weight is 239 g/mol. The quantitative estimate of drug-likeness (QED) is 0.527. The molecule has 0 heterocycles. The van der Waals surface area contributed by atoms with Crippen LogP contribution in [0.2, 0.25) is 0 Å². The van der Waals surface area contributed by atoms with Crippen molar-refractivity contribution in [3.05, 3.63) is 59.7 Å². The van der Waals surface area contributed by atoms with Crippen molar-refractivity contribution in [3.8, 4) is 11.1 Å². The zero-order chi connectivity index (χ0) is 8.67. The van der Waals surface area contributed by atoms with Crippen LogP contribution in [0.5, 0.6) is 0 Å². The van der Waals surface area contributed by atoms with Crippen LogP contribution in [-0.2, 0) is 6.42 Å². The Morgan fingerprint density at radius 3 is 1.57 bits per heavy atom. The first-order valence-corrected chi connectivity index (χ1v) is 4.61. The number of rotatable bonds is 0. The van der Waals surface area contributed by atoms with Gasteiger partial charge in [-0.25, -0.2) is 0 Å². The average Bonchev–Trinajstić information content (AvgIpc) is 2.56. The van der Waals surface area contributed by atoms with Gasteiger partial charge in [0.15, 0.2) is 0 Å². The van der Waals surface area contributed by atoms with Crippen molar-refractivity contribution in [2.24, 2.45) is 0 Å². The molecule has 68 valence electrons. The van der Waals surface area contributed by atoms with Gasteiger partial charge in [0.1, 0.15) is 0 Å². The van der Waals surface area contributed by atoms with Gasteiger partial charge in [-0.3, -0.25) is 0 Å². The normalized spacial score (nSPS) is 11.4. The van der Waals surface area contributed by atoms with Gasteiger partial charge in [-0.2, -0.15) is 0 Å². The smallest absolute Gasteiger partial charge is 0.00135 e. The molecule has 0 amide bonds. The largest absolute Gasteiger partial charge is 0.0619 e. The van der Waals surface area contributed by atoms with Crippen LogP contribution < -0.4 is 0 Å². The van der Waals surface area contributed by atoms with Gasteiger partial charge in [0.25, 0.3) is 0 Å². The fourth-order valence-electron chi connectivity index (χ4n) is 2.08. The van der Waals surface area contributed by atoms with Crippen LogP contribution in [-0.4, -0.2) is 19.8 Å². The van der Waals surface area contributed by atoms with Gasteiger partial charge in [0.2, 0.25) is 0 Å². The van der Waals surface area contributed by atoms with E-state index < -0.39 is 0 Å². The molecule has 0 unspecified atom stereocenters. The predicted octanol–water partition coefficient (Wildman–Crippen LogP) is 2.07. The molecule has 0 aliphatic heterocycles. The zero-order valence-electron chi connectivity index (χ0n) is 7.33. The van der Waals surface area contributed by atoms with E-state index >= 15 is 0 Å². The summed E-state index contributed by atoms with van der Waals surface area (Å²) in [5.74, 6) is 0. The molecule has 3 rings (SSSR count). The third-order valence-electron chi connectivity index (χ3n) is 2.71. The maximum absolute atomic E-state index is 2.22. The monoisotopic (exact) mass is 238 g/mol. The topological polar surface area (TPSA) is 0 Å². The van der Waals surface area contributed by atoms with Gasteiger partial charge in [-0.15, -0.1) is 0 Å². The van der Waals surface area contributed by atoms with Crippen molar-refractivity contribution in [1.29, 1.82) is 0 Å². The second-order valence-corrected chi connectivity index (χ2v) is 3.49. The summed E-state index contributed by atoms with van der Waals surface area (Å²) in [7, 11) is 0. The molecule has 0 spiro atoms. The van der Waals surface area contributed by atoms with Crippen molar-refractivity contribution >= 4 is 19.8 Å². The molecule has 14 heavy (non-hydrogen) atoms. The summed E-state index contributed by atoms with van der Waals surface area (Å²) in [6.45, 7) is 0. The Bertz CT molecular complexity index is 417. The minimum absolute atomic E-state index is 0. The van der Waals surface area contributed by atoms with Gasteiger partial charge in [-0.05, 0) is 28.7 Å². The molecule has 0 saturated heterocycles. The van der Waals surface area contributed by atoms with E-state index in [1.54, 1.807) is 0 Å². The molecular formula is C13H13Ga. The molecule has 0 bridgehead atoms. The van der Waals surface area contributed by atoms with Crippen LogP contribution in [0.4, 0.5) is 0 Å². The van der Waals surface area contributed by atoms with Gasteiger partial charge >= 0.3 is 19.8 Å². The standard InChI is InChI=1S/C13H10.Ga.3H/c1-3-7-12-10(5-1)9-11-6-2-4-8-13(11)12;;;;/h1-8H,9H2;;;;. The first kappa shape index (κ1) is 9.62. The zero-order valence-corrected chi connectivity index (χ0v) is 7.33. The van der Waals surface area contributed by atoms with E-state index in [-0.39, 0.29) is 19.8 Å². The van der Waals surface area contributed by atoms with E-state index in [9.17, 15) is 0 Å². The van der Waals surface area contributed by atoms with Gasteiger partial charge in [0, 0.05) is 0 Å². The molecule has 0 atom stereocenters. The van der Waals surface area contributed by atoms with Crippen LogP contribution in [0.1, 0.15) is 11.1 Å². The number of hydrogen-bond donors (Lipinski definition) is 0. The van der Waals surface area contributed by atoms with Crippen molar-refractivity contribution in [1.82, 2.24) is 0 Å². The summed E-state index contributed by atoms with van der Waals surface area (Å²) in [6, 6.07) is 17.3. The summed E-state index contributed by atoms with van der Waals surface area (Å²) >= 11 is 0. The molecule has 0 nitrogen and oxygen atoms in total. The molecule has 0 saturated carbocycles. The van der Waals surface area contributed by atoms with Crippen molar-refractivity contribution < 1.29 is 0 Å². The van der Waals surface area contributed by atoms with Gasteiger partial charge in [0.05, 0.1) is 0 Å². The molecular weight excluding hydrogens is 226 g/mol. The van der Waals surface area contributed by atoms with Crippen LogP contribution in [0.3, 0.4) is 0 Å². The maximum atomic E-state index is 2.22. The molecule has 0 fully saturated rings. The van der Waals surface area contributed by atoms with Crippen molar-refractivity contribution in [3.63, 3.8) is 0 Å². The van der Waals surface area contributed by atoms with Crippen LogP contribution in [0, 0.1) is 0 Å². The van der Waals surface area contributed by atoms with Crippen LogP contribution in [0.15, 0.2) is 48.5 Å². The van der Waals surface area contributed by atoms with E-state index in [0.29, 0.717) is 0 Å². The summed E-state index contributed by atoms with van der Waals surface area (Å²) in [6.07, 6.45) is 1.10. The first-order valence-electron chi connectivity index (χ1n) is 4.61. The summed E-state index contributed by atoms with van der Waals surface area (Å²) in [5.41, 5.74) is 5.75. The Morgan fingerprint density at radius 2 is 1.07 bits per heavy atom. The molecule has 0 radical (unpaired) electrons. The number of benzene rings is 2. The Hall–Kier alpha value is -0.924. The Labute approximate surface area is 97.0 Å². The Morgan fingerprint density at radius 1 is 0.643 bits per heavy atom. The minimum atomic E-state index is 0. The molecule has 0 N–H and O–H groups in total. The second kappa shape index (κ2) is 3.68. The SMILES string of the molecule is [GaH3].c1ccc2c(c1)Cc1ccccc1-2. The van der Waals surface area contributed by atoms with Crippen molar-refractivity contribution in [2.45, 2.75) is 6.42 Å².